The summed E-state index contributed by atoms with van der Waals surface area (Å²) in [4.78, 5) is 8.13. The Labute approximate surface area is 196 Å². The van der Waals surface area contributed by atoms with Crippen molar-refractivity contribution in [2.24, 2.45) is 4.99 Å². The van der Waals surface area contributed by atoms with Crippen molar-refractivity contribution in [1.82, 2.24) is 15.6 Å². The van der Waals surface area contributed by atoms with Crippen LogP contribution in [0.3, 0.4) is 0 Å². The molecule has 31 heavy (non-hydrogen) atoms. The van der Waals surface area contributed by atoms with Crippen LogP contribution in [0.15, 0.2) is 41.5 Å². The van der Waals surface area contributed by atoms with Crippen molar-refractivity contribution in [2.75, 3.05) is 33.9 Å². The lowest BCUT2D eigenvalue weighted by molar-refractivity contribution is -0.139. The molecule has 0 saturated heterocycles. The average Bonchev–Trinajstić information content (AvgIpc) is 2.74. The van der Waals surface area contributed by atoms with Gasteiger partial charge in [-0.1, -0.05) is 6.07 Å². The third-order valence-electron chi connectivity index (χ3n) is 3.92. The molecule has 0 aliphatic heterocycles. The van der Waals surface area contributed by atoms with Crippen molar-refractivity contribution >= 4 is 29.9 Å². The number of aliphatic imine (C=N–C) groups is 1. The molecule has 0 aliphatic carbocycles. The zero-order valence-electron chi connectivity index (χ0n) is 17.5. The monoisotopic (exact) mass is 554 g/mol. The van der Waals surface area contributed by atoms with Gasteiger partial charge in [-0.2, -0.15) is 13.2 Å². The fourth-order valence-corrected chi connectivity index (χ4v) is 2.53. The standard InChI is InChI=1S/C20H25F3N4O3.HI/c1-4-24-19(27-13-14-7-8-16(28-2)17(12-14)29-3)26-10-11-30-18-15(20(21,22)23)6-5-9-25-18;/h5-9,12H,4,10-11,13H2,1-3H3,(H2,24,26,27);1H. The van der Waals surface area contributed by atoms with Crippen LogP contribution in [0.2, 0.25) is 0 Å². The van der Waals surface area contributed by atoms with Crippen LogP contribution in [0.1, 0.15) is 18.1 Å². The molecule has 0 bridgehead atoms. The third-order valence-corrected chi connectivity index (χ3v) is 3.92. The van der Waals surface area contributed by atoms with E-state index in [4.69, 9.17) is 14.2 Å². The Kier molecular flexibility index (Phi) is 11.2. The number of pyridine rings is 1. The molecule has 0 amide bonds. The first kappa shape index (κ1) is 26.6. The molecule has 7 nitrogen and oxygen atoms in total. The molecule has 0 saturated carbocycles. The minimum absolute atomic E-state index is 0. The van der Waals surface area contributed by atoms with E-state index in [1.807, 2.05) is 19.1 Å². The van der Waals surface area contributed by atoms with Crippen molar-refractivity contribution < 1.29 is 27.4 Å². The molecule has 2 N–H and O–H groups in total. The van der Waals surface area contributed by atoms with Gasteiger partial charge in [-0.3, -0.25) is 0 Å². The van der Waals surface area contributed by atoms with E-state index in [1.165, 1.54) is 12.3 Å². The number of benzene rings is 1. The lowest BCUT2D eigenvalue weighted by Crippen LogP contribution is -2.39. The largest absolute Gasteiger partial charge is 0.493 e. The molecule has 0 radical (unpaired) electrons. The second kappa shape index (κ2) is 13.1. The summed E-state index contributed by atoms with van der Waals surface area (Å²) in [7, 11) is 3.12. The fraction of sp³-hybridized carbons (Fsp3) is 0.400. The van der Waals surface area contributed by atoms with Crippen LogP contribution in [0.5, 0.6) is 17.4 Å². The molecular weight excluding hydrogens is 528 g/mol. The van der Waals surface area contributed by atoms with E-state index in [1.54, 1.807) is 20.3 Å². The summed E-state index contributed by atoms with van der Waals surface area (Å²) in [6, 6.07) is 7.65. The minimum atomic E-state index is -4.52. The molecule has 1 aromatic carbocycles. The lowest BCUT2D eigenvalue weighted by Gasteiger charge is -2.14. The Morgan fingerprint density at radius 3 is 2.48 bits per heavy atom. The van der Waals surface area contributed by atoms with Gasteiger partial charge in [0.2, 0.25) is 5.88 Å². The molecular formula is C20H26F3IN4O3. The summed E-state index contributed by atoms with van der Waals surface area (Å²) in [6.45, 7) is 3.13. The number of halogens is 4. The molecule has 11 heteroatoms. The first-order valence-corrected chi connectivity index (χ1v) is 9.27. The summed E-state index contributed by atoms with van der Waals surface area (Å²) in [6.07, 6.45) is -3.26. The van der Waals surface area contributed by atoms with E-state index in [0.717, 1.165) is 11.6 Å². The van der Waals surface area contributed by atoms with E-state index in [9.17, 15) is 13.2 Å². The van der Waals surface area contributed by atoms with Gasteiger partial charge < -0.3 is 24.8 Å². The third kappa shape index (κ3) is 8.31. The van der Waals surface area contributed by atoms with E-state index in [0.29, 0.717) is 30.5 Å². The van der Waals surface area contributed by atoms with Crippen LogP contribution in [-0.2, 0) is 12.7 Å². The highest BCUT2D eigenvalue weighted by molar-refractivity contribution is 14.0. The van der Waals surface area contributed by atoms with Gasteiger partial charge in [0.05, 0.1) is 27.3 Å². The SMILES string of the molecule is CCNC(=NCc1ccc(OC)c(OC)c1)NCCOc1ncccc1C(F)(F)F.I. The van der Waals surface area contributed by atoms with Crippen molar-refractivity contribution in [2.45, 2.75) is 19.6 Å². The highest BCUT2D eigenvalue weighted by Crippen LogP contribution is 2.34. The van der Waals surface area contributed by atoms with E-state index >= 15 is 0 Å². The number of hydrogen-bond donors (Lipinski definition) is 2. The zero-order valence-corrected chi connectivity index (χ0v) is 19.8. The normalized spacial score (nSPS) is 11.4. The maximum Gasteiger partial charge on any atom is 0.421 e. The second-order valence-electron chi connectivity index (χ2n) is 6.01. The van der Waals surface area contributed by atoms with Crippen molar-refractivity contribution in [3.05, 3.63) is 47.7 Å². The van der Waals surface area contributed by atoms with Gasteiger partial charge in [0.1, 0.15) is 12.2 Å². The Morgan fingerprint density at radius 1 is 1.10 bits per heavy atom. The number of rotatable bonds is 9. The lowest BCUT2D eigenvalue weighted by atomic mass is 10.2. The van der Waals surface area contributed by atoms with E-state index in [2.05, 4.69) is 20.6 Å². The first-order valence-electron chi connectivity index (χ1n) is 9.27. The summed E-state index contributed by atoms with van der Waals surface area (Å²) < 4.78 is 54.6. The minimum Gasteiger partial charge on any atom is -0.493 e. The van der Waals surface area contributed by atoms with Gasteiger partial charge in [0, 0.05) is 12.7 Å². The molecule has 1 heterocycles. The Hall–Kier alpha value is -2.44. The highest BCUT2D eigenvalue weighted by Gasteiger charge is 2.34. The molecule has 0 spiro atoms. The number of hydrogen-bond acceptors (Lipinski definition) is 5. The number of aromatic nitrogens is 1. The number of guanidine groups is 1. The van der Waals surface area contributed by atoms with Gasteiger partial charge >= 0.3 is 6.18 Å². The topological polar surface area (TPSA) is 77.0 Å². The Balaban J connectivity index is 0.00000480. The van der Waals surface area contributed by atoms with Crippen molar-refractivity contribution in [3.63, 3.8) is 0 Å². The number of nitrogens with zero attached hydrogens (tertiary/aromatic N) is 2. The number of nitrogens with one attached hydrogen (secondary N) is 2. The fourth-order valence-electron chi connectivity index (χ4n) is 2.53. The summed E-state index contributed by atoms with van der Waals surface area (Å²) >= 11 is 0. The summed E-state index contributed by atoms with van der Waals surface area (Å²) in [5.41, 5.74) is 0.00318. The maximum absolute atomic E-state index is 13.0. The van der Waals surface area contributed by atoms with Gasteiger partial charge in [0.15, 0.2) is 17.5 Å². The number of ether oxygens (including phenoxy) is 3. The summed E-state index contributed by atoms with van der Waals surface area (Å²) in [5.74, 6) is 1.29. The van der Waals surface area contributed by atoms with E-state index < -0.39 is 17.6 Å². The predicted molar refractivity (Wildman–Crippen MR) is 123 cm³/mol. The molecule has 0 atom stereocenters. The average molecular weight is 554 g/mol. The van der Waals surface area contributed by atoms with Crippen molar-refractivity contribution in [3.8, 4) is 17.4 Å². The molecule has 0 aliphatic rings. The zero-order chi connectivity index (χ0) is 22.0. The van der Waals surface area contributed by atoms with Gasteiger partial charge in [0.25, 0.3) is 0 Å². The number of alkyl halides is 3. The van der Waals surface area contributed by atoms with Gasteiger partial charge in [-0.15, -0.1) is 24.0 Å². The molecule has 0 fully saturated rings. The van der Waals surface area contributed by atoms with Crippen LogP contribution in [0.4, 0.5) is 13.2 Å². The van der Waals surface area contributed by atoms with Crippen LogP contribution < -0.4 is 24.8 Å². The molecule has 0 unspecified atom stereocenters. The maximum atomic E-state index is 13.0. The quantitative estimate of drug-likeness (QED) is 0.212. The molecule has 172 valence electrons. The first-order chi connectivity index (χ1) is 14.4. The van der Waals surface area contributed by atoms with Crippen molar-refractivity contribution in [1.29, 1.82) is 0 Å². The number of methoxy groups -OCH3 is 2. The Morgan fingerprint density at radius 2 is 1.84 bits per heavy atom. The highest BCUT2D eigenvalue weighted by atomic mass is 127. The van der Waals surface area contributed by atoms with Crippen LogP contribution in [0, 0.1) is 0 Å². The van der Waals surface area contributed by atoms with Gasteiger partial charge in [-0.25, -0.2) is 9.98 Å². The second-order valence-corrected chi connectivity index (χ2v) is 6.01. The Bertz CT molecular complexity index is 851. The predicted octanol–water partition coefficient (Wildman–Crippen LogP) is 3.87. The van der Waals surface area contributed by atoms with Gasteiger partial charge in [-0.05, 0) is 36.8 Å². The molecule has 2 rings (SSSR count). The molecule has 1 aromatic heterocycles. The van der Waals surface area contributed by atoms with Crippen LogP contribution in [-0.4, -0.2) is 44.9 Å². The van der Waals surface area contributed by atoms with Crippen LogP contribution >= 0.6 is 24.0 Å². The smallest absolute Gasteiger partial charge is 0.421 e. The summed E-state index contributed by atoms with van der Waals surface area (Å²) in [5, 5.41) is 6.09. The van der Waals surface area contributed by atoms with Crippen LogP contribution in [0.25, 0.3) is 0 Å². The van der Waals surface area contributed by atoms with E-state index in [-0.39, 0.29) is 37.1 Å². The molecule has 2 aromatic rings.